The molecule has 1 unspecified atom stereocenters. The van der Waals surface area contributed by atoms with Crippen LogP contribution >= 0.6 is 12.2 Å². The molecule has 1 aromatic carbocycles. The molecule has 18 heavy (non-hydrogen) atoms. The number of anilines is 1. The average Bonchev–Trinajstić information content (AvgIpc) is 2.30. The number of thiocarbonyl (C=S) groups is 1. The first kappa shape index (κ1) is 14.6. The van der Waals surface area contributed by atoms with Crippen molar-refractivity contribution in [1.29, 1.82) is 0 Å². The predicted molar refractivity (Wildman–Crippen MR) is 79.8 cm³/mol. The number of nitrogens with two attached hydrogens (primary N) is 1. The molecule has 1 rings (SSSR count). The number of hydrogen-bond donors (Lipinski definition) is 1. The molecule has 0 fully saturated rings. The SMILES string of the molecule is CCC(C(=O)N(CC)c1cccc(C)c1)C(N)=S. The molecule has 0 radical (unpaired) electrons. The van der Waals surface area contributed by atoms with Gasteiger partial charge in [-0.1, -0.05) is 31.3 Å². The first-order chi connectivity index (χ1) is 8.51. The van der Waals surface area contributed by atoms with E-state index >= 15 is 0 Å². The summed E-state index contributed by atoms with van der Waals surface area (Å²) in [4.78, 5) is 14.4. The average molecular weight is 264 g/mol. The van der Waals surface area contributed by atoms with Crippen molar-refractivity contribution >= 4 is 28.8 Å². The lowest BCUT2D eigenvalue weighted by atomic mass is 10.0. The smallest absolute Gasteiger partial charge is 0.236 e. The van der Waals surface area contributed by atoms with Crippen molar-refractivity contribution in [3.8, 4) is 0 Å². The molecule has 2 N–H and O–H groups in total. The first-order valence-corrected chi connectivity index (χ1v) is 6.59. The van der Waals surface area contributed by atoms with E-state index in [0.29, 0.717) is 13.0 Å². The molecule has 1 atom stereocenters. The van der Waals surface area contributed by atoms with Gasteiger partial charge in [0.2, 0.25) is 5.91 Å². The summed E-state index contributed by atoms with van der Waals surface area (Å²) in [5.41, 5.74) is 7.66. The summed E-state index contributed by atoms with van der Waals surface area (Å²) in [6.45, 7) is 6.49. The number of hydrogen-bond acceptors (Lipinski definition) is 2. The van der Waals surface area contributed by atoms with Gasteiger partial charge in [0.05, 0.1) is 10.9 Å². The van der Waals surface area contributed by atoms with Gasteiger partial charge in [-0.05, 0) is 38.0 Å². The second kappa shape index (κ2) is 6.50. The fraction of sp³-hybridized carbons (Fsp3) is 0.429. The van der Waals surface area contributed by atoms with Crippen LogP contribution in [0.25, 0.3) is 0 Å². The summed E-state index contributed by atoms with van der Waals surface area (Å²) in [7, 11) is 0. The molecule has 0 saturated carbocycles. The summed E-state index contributed by atoms with van der Waals surface area (Å²) in [6, 6.07) is 7.88. The predicted octanol–water partition coefficient (Wildman–Crippen LogP) is 2.66. The zero-order valence-electron chi connectivity index (χ0n) is 11.1. The normalized spacial score (nSPS) is 11.9. The van der Waals surface area contributed by atoms with Gasteiger partial charge in [0.25, 0.3) is 0 Å². The van der Waals surface area contributed by atoms with Crippen LogP contribution in [0.4, 0.5) is 5.69 Å². The van der Waals surface area contributed by atoms with Crippen LogP contribution in [0, 0.1) is 12.8 Å². The van der Waals surface area contributed by atoms with E-state index in [0.717, 1.165) is 11.3 Å². The Kier molecular flexibility index (Phi) is 5.28. The summed E-state index contributed by atoms with van der Waals surface area (Å²) in [5.74, 6) is -0.390. The van der Waals surface area contributed by atoms with Crippen molar-refractivity contribution in [1.82, 2.24) is 0 Å². The highest BCUT2D eigenvalue weighted by Gasteiger charge is 2.25. The number of carbonyl (C=O) groups excluding carboxylic acids is 1. The van der Waals surface area contributed by atoms with Gasteiger partial charge in [0.15, 0.2) is 0 Å². The Morgan fingerprint density at radius 2 is 2.11 bits per heavy atom. The van der Waals surface area contributed by atoms with E-state index in [1.807, 2.05) is 45.0 Å². The molecule has 0 aliphatic rings. The number of benzene rings is 1. The summed E-state index contributed by atoms with van der Waals surface area (Å²) < 4.78 is 0. The van der Waals surface area contributed by atoms with Crippen LogP contribution in [0.1, 0.15) is 25.8 Å². The molecule has 4 heteroatoms. The Morgan fingerprint density at radius 1 is 1.44 bits per heavy atom. The Labute approximate surface area is 114 Å². The van der Waals surface area contributed by atoms with E-state index in [1.54, 1.807) is 4.90 Å². The van der Waals surface area contributed by atoms with Crippen LogP contribution in [0.2, 0.25) is 0 Å². The first-order valence-electron chi connectivity index (χ1n) is 6.18. The van der Waals surface area contributed by atoms with E-state index in [9.17, 15) is 4.79 Å². The monoisotopic (exact) mass is 264 g/mol. The molecule has 0 saturated heterocycles. The summed E-state index contributed by atoms with van der Waals surface area (Å²) >= 11 is 4.97. The highest BCUT2D eigenvalue weighted by atomic mass is 32.1. The molecule has 1 aromatic rings. The fourth-order valence-electron chi connectivity index (χ4n) is 1.95. The molecular formula is C14H20N2OS. The number of amides is 1. The largest absolute Gasteiger partial charge is 0.393 e. The molecule has 0 bridgehead atoms. The number of rotatable bonds is 5. The molecule has 0 aliphatic carbocycles. The highest BCUT2D eigenvalue weighted by Crippen LogP contribution is 2.19. The molecule has 1 amide bonds. The minimum absolute atomic E-state index is 0.0156. The Morgan fingerprint density at radius 3 is 2.56 bits per heavy atom. The Hall–Kier alpha value is -1.42. The van der Waals surface area contributed by atoms with Gasteiger partial charge in [-0.3, -0.25) is 4.79 Å². The lowest BCUT2D eigenvalue weighted by Gasteiger charge is -2.25. The molecule has 0 spiro atoms. The van der Waals surface area contributed by atoms with Gasteiger partial charge in [-0.2, -0.15) is 0 Å². The van der Waals surface area contributed by atoms with Crippen LogP contribution in [-0.2, 0) is 4.79 Å². The van der Waals surface area contributed by atoms with Crippen LogP contribution in [0.3, 0.4) is 0 Å². The van der Waals surface area contributed by atoms with Gasteiger partial charge in [0.1, 0.15) is 0 Å². The zero-order valence-corrected chi connectivity index (χ0v) is 12.0. The molecule has 0 heterocycles. The van der Waals surface area contributed by atoms with E-state index in [-0.39, 0.29) is 16.8 Å². The lowest BCUT2D eigenvalue weighted by molar-refractivity contribution is -0.120. The molecule has 3 nitrogen and oxygen atoms in total. The Balaban J connectivity index is 3.03. The summed E-state index contributed by atoms with van der Waals surface area (Å²) in [5, 5.41) is 0. The van der Waals surface area contributed by atoms with E-state index in [4.69, 9.17) is 18.0 Å². The van der Waals surface area contributed by atoms with Crippen molar-refractivity contribution in [2.75, 3.05) is 11.4 Å². The van der Waals surface area contributed by atoms with E-state index in [1.165, 1.54) is 0 Å². The third-order valence-corrected chi connectivity index (χ3v) is 3.23. The van der Waals surface area contributed by atoms with Gasteiger partial charge in [-0.15, -0.1) is 0 Å². The van der Waals surface area contributed by atoms with Crippen LogP contribution in [-0.4, -0.2) is 17.4 Å². The van der Waals surface area contributed by atoms with Crippen LogP contribution in [0.5, 0.6) is 0 Å². The Bertz CT molecular complexity index is 445. The van der Waals surface area contributed by atoms with Crippen molar-refractivity contribution in [3.05, 3.63) is 29.8 Å². The zero-order chi connectivity index (χ0) is 13.7. The maximum absolute atomic E-state index is 12.4. The van der Waals surface area contributed by atoms with Crippen molar-refractivity contribution in [2.45, 2.75) is 27.2 Å². The maximum atomic E-state index is 12.4. The minimum atomic E-state index is -0.375. The van der Waals surface area contributed by atoms with Crippen molar-refractivity contribution in [2.24, 2.45) is 11.7 Å². The second-order valence-corrected chi connectivity index (χ2v) is 4.76. The molecular weight excluding hydrogens is 244 g/mol. The minimum Gasteiger partial charge on any atom is -0.393 e. The third kappa shape index (κ3) is 3.29. The topological polar surface area (TPSA) is 46.3 Å². The third-order valence-electron chi connectivity index (χ3n) is 2.95. The number of carbonyl (C=O) groups is 1. The second-order valence-electron chi connectivity index (χ2n) is 4.28. The van der Waals surface area contributed by atoms with Gasteiger partial charge in [-0.25, -0.2) is 0 Å². The van der Waals surface area contributed by atoms with Crippen LogP contribution in [0.15, 0.2) is 24.3 Å². The maximum Gasteiger partial charge on any atom is 0.236 e. The van der Waals surface area contributed by atoms with Gasteiger partial charge < -0.3 is 10.6 Å². The number of aryl methyl sites for hydroxylation is 1. The standard InChI is InChI=1S/C14H20N2OS/c1-4-12(13(15)18)14(17)16(5-2)11-8-6-7-10(3)9-11/h6-9,12H,4-5H2,1-3H3,(H2,15,18). The lowest BCUT2D eigenvalue weighted by Crippen LogP contribution is -2.41. The van der Waals surface area contributed by atoms with Gasteiger partial charge in [0, 0.05) is 12.2 Å². The van der Waals surface area contributed by atoms with Crippen molar-refractivity contribution < 1.29 is 4.79 Å². The molecule has 0 aliphatic heterocycles. The fourth-order valence-corrected chi connectivity index (χ4v) is 2.21. The summed E-state index contributed by atoms with van der Waals surface area (Å²) in [6.07, 6.45) is 0.635. The van der Waals surface area contributed by atoms with Gasteiger partial charge >= 0.3 is 0 Å². The van der Waals surface area contributed by atoms with E-state index < -0.39 is 0 Å². The number of nitrogens with zero attached hydrogens (tertiary/aromatic N) is 1. The van der Waals surface area contributed by atoms with Crippen molar-refractivity contribution in [3.63, 3.8) is 0 Å². The quantitative estimate of drug-likeness (QED) is 0.832. The highest BCUT2D eigenvalue weighted by molar-refractivity contribution is 7.80. The van der Waals surface area contributed by atoms with E-state index in [2.05, 4.69) is 0 Å². The molecule has 98 valence electrons. The molecule has 0 aromatic heterocycles. The van der Waals surface area contributed by atoms with Crippen LogP contribution < -0.4 is 10.6 Å².